The van der Waals surface area contributed by atoms with Gasteiger partial charge in [0.15, 0.2) is 0 Å². The van der Waals surface area contributed by atoms with Crippen LogP contribution >= 0.6 is 0 Å². The Morgan fingerprint density at radius 3 is 2.40 bits per heavy atom. The van der Waals surface area contributed by atoms with Crippen LogP contribution in [0.2, 0.25) is 0 Å². The first-order chi connectivity index (χ1) is 7.16. The van der Waals surface area contributed by atoms with E-state index < -0.39 is 4.92 Å². The molecule has 1 aliphatic heterocycles. The van der Waals surface area contributed by atoms with Gasteiger partial charge in [-0.25, -0.2) is 0 Å². The minimum Gasteiger partial charge on any atom is -0.258 e. The smallest absolute Gasteiger partial charge is 0.258 e. The lowest BCUT2D eigenvalue weighted by Gasteiger charge is -1.98. The average Bonchev–Trinajstić information content (AvgIpc) is 2.65. The summed E-state index contributed by atoms with van der Waals surface area (Å²) in [6.07, 6.45) is 0.720. The summed E-state index contributed by atoms with van der Waals surface area (Å²) in [4.78, 5) is 10.0. The van der Waals surface area contributed by atoms with Gasteiger partial charge in [-0.1, -0.05) is 0 Å². The molecular weight excluding hydrogens is 194 g/mol. The van der Waals surface area contributed by atoms with Crippen molar-refractivity contribution < 1.29 is 4.92 Å². The monoisotopic (exact) mass is 203 g/mol. The second-order valence-corrected chi connectivity index (χ2v) is 3.36. The first-order valence-electron chi connectivity index (χ1n) is 4.51. The summed E-state index contributed by atoms with van der Waals surface area (Å²) in [7, 11) is 0. The summed E-state index contributed by atoms with van der Waals surface area (Å²) in [6.45, 7) is 1.90. The van der Waals surface area contributed by atoms with Gasteiger partial charge >= 0.3 is 0 Å². The van der Waals surface area contributed by atoms with E-state index in [0.29, 0.717) is 0 Å². The van der Waals surface area contributed by atoms with E-state index in [0.717, 1.165) is 23.4 Å². The maximum absolute atomic E-state index is 10.4. The number of hydrogen-bond donors (Lipinski definition) is 0. The van der Waals surface area contributed by atoms with Gasteiger partial charge in [0.25, 0.3) is 5.69 Å². The number of nitro groups is 1. The third-order valence-electron chi connectivity index (χ3n) is 2.18. The molecule has 0 spiro atoms. The maximum Gasteiger partial charge on any atom is 0.269 e. The van der Waals surface area contributed by atoms with Crippen molar-refractivity contribution in [2.45, 2.75) is 13.3 Å². The van der Waals surface area contributed by atoms with Gasteiger partial charge in [0.1, 0.15) is 0 Å². The van der Waals surface area contributed by atoms with Crippen LogP contribution in [0, 0.1) is 10.1 Å². The molecule has 0 unspecified atom stereocenters. The first kappa shape index (κ1) is 9.51. The third-order valence-corrected chi connectivity index (χ3v) is 2.18. The van der Waals surface area contributed by atoms with E-state index in [9.17, 15) is 10.1 Å². The van der Waals surface area contributed by atoms with E-state index >= 15 is 0 Å². The predicted octanol–water partition coefficient (Wildman–Crippen LogP) is 2.16. The molecule has 76 valence electrons. The number of benzene rings is 1. The molecule has 0 bridgehead atoms. The summed E-state index contributed by atoms with van der Waals surface area (Å²) in [5.74, 6) is 0. The van der Waals surface area contributed by atoms with Gasteiger partial charge < -0.3 is 0 Å². The minimum absolute atomic E-state index is 0.0926. The SMILES string of the molecule is CC1=NN=C(c2ccc([N+](=O)[O-])cc2)C1. The highest BCUT2D eigenvalue weighted by atomic mass is 16.6. The molecule has 2 rings (SSSR count). The lowest BCUT2D eigenvalue weighted by molar-refractivity contribution is -0.384. The van der Waals surface area contributed by atoms with Crippen LogP contribution in [0.4, 0.5) is 5.69 Å². The summed E-state index contributed by atoms with van der Waals surface area (Å²) in [5.41, 5.74) is 2.81. The van der Waals surface area contributed by atoms with E-state index in [1.54, 1.807) is 12.1 Å². The topological polar surface area (TPSA) is 67.9 Å². The van der Waals surface area contributed by atoms with Crippen LogP contribution in [0.15, 0.2) is 34.5 Å². The van der Waals surface area contributed by atoms with E-state index in [2.05, 4.69) is 10.2 Å². The predicted molar refractivity (Wildman–Crippen MR) is 57.4 cm³/mol. The third kappa shape index (κ3) is 1.90. The molecular formula is C10H9N3O2. The van der Waals surface area contributed by atoms with E-state index in [1.165, 1.54) is 12.1 Å². The Kier molecular flexibility index (Phi) is 2.29. The maximum atomic E-state index is 10.4. The van der Waals surface area contributed by atoms with E-state index in [1.807, 2.05) is 6.92 Å². The highest BCUT2D eigenvalue weighted by Gasteiger charge is 2.12. The van der Waals surface area contributed by atoms with Crippen molar-refractivity contribution in [1.29, 1.82) is 0 Å². The standard InChI is InChI=1S/C10H9N3O2/c1-7-6-10(12-11-7)8-2-4-9(5-3-8)13(14)15/h2-5H,6H2,1H3. The van der Waals surface area contributed by atoms with Crippen LogP contribution < -0.4 is 0 Å². The molecule has 15 heavy (non-hydrogen) atoms. The fraction of sp³-hybridized carbons (Fsp3) is 0.200. The van der Waals surface area contributed by atoms with Gasteiger partial charge in [-0.3, -0.25) is 10.1 Å². The second-order valence-electron chi connectivity index (χ2n) is 3.36. The molecule has 5 heteroatoms. The Labute approximate surface area is 86.3 Å². The summed E-state index contributed by atoms with van der Waals surface area (Å²) in [5, 5.41) is 18.4. The van der Waals surface area contributed by atoms with Crippen molar-refractivity contribution in [1.82, 2.24) is 0 Å². The molecule has 0 aliphatic carbocycles. The first-order valence-corrected chi connectivity index (χ1v) is 4.51. The normalized spacial score (nSPS) is 14.7. The van der Waals surface area contributed by atoms with Crippen molar-refractivity contribution in [2.75, 3.05) is 0 Å². The molecule has 0 saturated carbocycles. The molecule has 0 radical (unpaired) electrons. The molecule has 5 nitrogen and oxygen atoms in total. The van der Waals surface area contributed by atoms with Crippen molar-refractivity contribution in [3.8, 4) is 0 Å². The molecule has 0 fully saturated rings. The van der Waals surface area contributed by atoms with Crippen LogP contribution in [0.1, 0.15) is 18.9 Å². The number of nitro benzene ring substituents is 1. The number of nitrogens with zero attached hydrogens (tertiary/aromatic N) is 3. The summed E-state index contributed by atoms with van der Waals surface area (Å²) < 4.78 is 0. The Morgan fingerprint density at radius 2 is 1.93 bits per heavy atom. The quantitative estimate of drug-likeness (QED) is 0.546. The Balaban J connectivity index is 2.22. The van der Waals surface area contributed by atoms with Gasteiger partial charge in [0, 0.05) is 24.3 Å². The van der Waals surface area contributed by atoms with Crippen LogP contribution in [0.3, 0.4) is 0 Å². The van der Waals surface area contributed by atoms with Gasteiger partial charge in [-0.05, 0) is 24.6 Å². The van der Waals surface area contributed by atoms with Gasteiger partial charge in [-0.15, -0.1) is 0 Å². The Hall–Kier alpha value is -2.04. The van der Waals surface area contributed by atoms with Crippen LogP contribution in [-0.2, 0) is 0 Å². The van der Waals surface area contributed by atoms with Gasteiger partial charge in [-0.2, -0.15) is 10.2 Å². The molecule has 1 heterocycles. The molecule has 1 aliphatic rings. The van der Waals surface area contributed by atoms with Crippen molar-refractivity contribution >= 4 is 17.1 Å². The van der Waals surface area contributed by atoms with E-state index in [4.69, 9.17) is 0 Å². The van der Waals surface area contributed by atoms with Gasteiger partial charge in [0.2, 0.25) is 0 Å². The highest BCUT2D eigenvalue weighted by Crippen LogP contribution is 2.16. The number of rotatable bonds is 2. The molecule has 0 saturated heterocycles. The summed E-state index contributed by atoms with van der Waals surface area (Å²) >= 11 is 0. The zero-order valence-corrected chi connectivity index (χ0v) is 8.17. The van der Waals surface area contributed by atoms with E-state index in [-0.39, 0.29) is 5.69 Å². The van der Waals surface area contributed by atoms with Crippen molar-refractivity contribution in [3.63, 3.8) is 0 Å². The van der Waals surface area contributed by atoms with Crippen LogP contribution in [0.5, 0.6) is 0 Å². The number of hydrogen-bond acceptors (Lipinski definition) is 4. The molecule has 1 aromatic carbocycles. The van der Waals surface area contributed by atoms with Crippen LogP contribution in [0.25, 0.3) is 0 Å². The van der Waals surface area contributed by atoms with Crippen LogP contribution in [-0.4, -0.2) is 16.3 Å². The fourth-order valence-corrected chi connectivity index (χ4v) is 1.39. The lowest BCUT2D eigenvalue weighted by Crippen LogP contribution is -2.01. The Morgan fingerprint density at radius 1 is 1.27 bits per heavy atom. The average molecular weight is 203 g/mol. The minimum atomic E-state index is -0.415. The number of non-ortho nitro benzene ring substituents is 1. The lowest BCUT2D eigenvalue weighted by atomic mass is 10.1. The molecule has 0 amide bonds. The largest absolute Gasteiger partial charge is 0.269 e. The van der Waals surface area contributed by atoms with Crippen molar-refractivity contribution in [2.24, 2.45) is 10.2 Å². The molecule has 0 N–H and O–H groups in total. The fourth-order valence-electron chi connectivity index (χ4n) is 1.39. The Bertz CT molecular complexity index is 460. The zero-order valence-electron chi connectivity index (χ0n) is 8.17. The second kappa shape index (κ2) is 3.61. The van der Waals surface area contributed by atoms with Gasteiger partial charge in [0.05, 0.1) is 10.6 Å². The molecule has 1 aromatic rings. The zero-order chi connectivity index (χ0) is 10.8. The summed E-state index contributed by atoms with van der Waals surface area (Å²) in [6, 6.07) is 6.35. The molecule has 0 atom stereocenters. The molecule has 0 aromatic heterocycles. The van der Waals surface area contributed by atoms with Crippen molar-refractivity contribution in [3.05, 3.63) is 39.9 Å². The highest BCUT2D eigenvalue weighted by molar-refractivity contribution is 6.14.